The Morgan fingerprint density at radius 2 is 1.95 bits per heavy atom. The highest BCUT2D eigenvalue weighted by Crippen LogP contribution is 2.50. The van der Waals surface area contributed by atoms with Crippen molar-refractivity contribution < 1.29 is 4.79 Å². The third-order valence-corrected chi connectivity index (χ3v) is 5.96. The molecule has 1 saturated heterocycles. The van der Waals surface area contributed by atoms with E-state index in [4.69, 9.17) is 0 Å². The first-order chi connectivity index (χ1) is 9.56. The highest BCUT2D eigenvalue weighted by molar-refractivity contribution is 5.84. The molecular formula is C17H30N2O. The van der Waals surface area contributed by atoms with Gasteiger partial charge in [-0.1, -0.05) is 33.6 Å². The molecule has 2 atom stereocenters. The van der Waals surface area contributed by atoms with Crippen LogP contribution in [0.1, 0.15) is 65.7 Å². The zero-order valence-corrected chi connectivity index (χ0v) is 13.3. The summed E-state index contributed by atoms with van der Waals surface area (Å²) in [6.45, 7) is 7.61. The van der Waals surface area contributed by atoms with Gasteiger partial charge in [-0.25, -0.2) is 0 Å². The van der Waals surface area contributed by atoms with Crippen LogP contribution in [0.5, 0.6) is 0 Å². The third-order valence-electron chi connectivity index (χ3n) is 5.96. The van der Waals surface area contributed by atoms with E-state index in [1.165, 1.54) is 44.9 Å². The lowest BCUT2D eigenvalue weighted by atomic mass is 9.99. The van der Waals surface area contributed by atoms with Gasteiger partial charge in [0.25, 0.3) is 0 Å². The first-order valence-electron chi connectivity index (χ1n) is 8.63. The van der Waals surface area contributed by atoms with Crippen molar-refractivity contribution in [2.45, 2.75) is 77.9 Å². The molecule has 3 fully saturated rings. The van der Waals surface area contributed by atoms with Gasteiger partial charge in [0.05, 0.1) is 12.2 Å². The summed E-state index contributed by atoms with van der Waals surface area (Å²) in [5, 5.41) is 3.68. The van der Waals surface area contributed by atoms with Crippen molar-refractivity contribution in [1.29, 1.82) is 0 Å². The van der Waals surface area contributed by atoms with E-state index in [9.17, 15) is 4.79 Å². The van der Waals surface area contributed by atoms with E-state index in [0.717, 1.165) is 6.54 Å². The number of rotatable bonds is 5. The summed E-state index contributed by atoms with van der Waals surface area (Å²) in [4.78, 5) is 15.0. The van der Waals surface area contributed by atoms with E-state index in [1.807, 2.05) is 0 Å². The van der Waals surface area contributed by atoms with Crippen molar-refractivity contribution in [3.63, 3.8) is 0 Å². The van der Waals surface area contributed by atoms with Crippen LogP contribution in [-0.2, 0) is 4.79 Å². The fourth-order valence-electron chi connectivity index (χ4n) is 4.14. The van der Waals surface area contributed by atoms with Crippen LogP contribution in [0.2, 0.25) is 0 Å². The summed E-state index contributed by atoms with van der Waals surface area (Å²) in [5.74, 6) is 1.46. The molecule has 1 N–H and O–H groups in total. The molecule has 2 aliphatic carbocycles. The predicted molar refractivity (Wildman–Crippen MR) is 81.2 cm³/mol. The average molecular weight is 278 g/mol. The summed E-state index contributed by atoms with van der Waals surface area (Å²) >= 11 is 0. The van der Waals surface area contributed by atoms with Crippen molar-refractivity contribution in [1.82, 2.24) is 10.2 Å². The van der Waals surface area contributed by atoms with Gasteiger partial charge in [-0.3, -0.25) is 10.1 Å². The van der Waals surface area contributed by atoms with E-state index >= 15 is 0 Å². The van der Waals surface area contributed by atoms with Gasteiger partial charge in [0.2, 0.25) is 5.91 Å². The van der Waals surface area contributed by atoms with Crippen LogP contribution in [0.4, 0.5) is 0 Å². The lowest BCUT2D eigenvalue weighted by Gasteiger charge is -2.32. The minimum Gasteiger partial charge on any atom is -0.325 e. The molecule has 1 heterocycles. The van der Waals surface area contributed by atoms with Crippen molar-refractivity contribution in [3.05, 3.63) is 0 Å². The van der Waals surface area contributed by atoms with Gasteiger partial charge in [-0.15, -0.1) is 0 Å². The number of nitrogens with one attached hydrogen (secondary N) is 1. The monoisotopic (exact) mass is 278 g/mol. The van der Waals surface area contributed by atoms with E-state index < -0.39 is 0 Å². The SMILES string of the molecule is CCC1(CN2C(=O)C(C(C)C)NC2C2CCCC2)CC1. The van der Waals surface area contributed by atoms with Gasteiger partial charge >= 0.3 is 0 Å². The second kappa shape index (κ2) is 5.32. The van der Waals surface area contributed by atoms with Gasteiger partial charge in [0, 0.05) is 6.54 Å². The summed E-state index contributed by atoms with van der Waals surface area (Å²) in [5.41, 5.74) is 0.458. The summed E-state index contributed by atoms with van der Waals surface area (Å²) in [7, 11) is 0. The second-order valence-electron chi connectivity index (χ2n) is 7.70. The Kier molecular flexibility index (Phi) is 3.83. The van der Waals surface area contributed by atoms with Gasteiger partial charge in [0.15, 0.2) is 0 Å². The first-order valence-corrected chi connectivity index (χ1v) is 8.63. The lowest BCUT2D eigenvalue weighted by molar-refractivity contribution is -0.132. The average Bonchev–Trinajstić information content (AvgIpc) is 2.84. The maximum absolute atomic E-state index is 12.8. The molecule has 2 saturated carbocycles. The van der Waals surface area contributed by atoms with Crippen LogP contribution in [0.25, 0.3) is 0 Å². The molecule has 20 heavy (non-hydrogen) atoms. The van der Waals surface area contributed by atoms with Crippen molar-refractivity contribution >= 4 is 5.91 Å². The first kappa shape index (κ1) is 14.4. The van der Waals surface area contributed by atoms with E-state index in [0.29, 0.717) is 29.3 Å². The Bertz CT molecular complexity index is 369. The molecule has 0 bridgehead atoms. The Labute approximate surface area is 123 Å². The van der Waals surface area contributed by atoms with Gasteiger partial charge in [-0.2, -0.15) is 0 Å². The number of nitrogens with zero attached hydrogens (tertiary/aromatic N) is 1. The number of carbonyl (C=O) groups is 1. The van der Waals surface area contributed by atoms with Crippen LogP contribution < -0.4 is 5.32 Å². The summed E-state index contributed by atoms with van der Waals surface area (Å²) in [6.07, 6.45) is 9.46. The molecule has 0 aromatic rings. The fraction of sp³-hybridized carbons (Fsp3) is 0.941. The summed E-state index contributed by atoms with van der Waals surface area (Å²) in [6, 6.07) is 0.0493. The molecule has 0 aromatic heterocycles. The maximum Gasteiger partial charge on any atom is 0.241 e. The molecule has 2 unspecified atom stereocenters. The van der Waals surface area contributed by atoms with Crippen molar-refractivity contribution in [2.24, 2.45) is 17.3 Å². The molecule has 1 aliphatic heterocycles. The normalized spacial score (nSPS) is 33.4. The van der Waals surface area contributed by atoms with E-state index in [-0.39, 0.29) is 6.04 Å². The molecule has 3 heteroatoms. The van der Waals surface area contributed by atoms with Crippen LogP contribution in [0.15, 0.2) is 0 Å². The highest BCUT2D eigenvalue weighted by Gasteiger charge is 2.50. The Morgan fingerprint density at radius 3 is 2.45 bits per heavy atom. The molecule has 114 valence electrons. The minimum atomic E-state index is 0.0493. The molecular weight excluding hydrogens is 248 g/mol. The number of amides is 1. The van der Waals surface area contributed by atoms with Crippen LogP contribution in [0.3, 0.4) is 0 Å². The van der Waals surface area contributed by atoms with Crippen LogP contribution in [0, 0.1) is 17.3 Å². The molecule has 3 nitrogen and oxygen atoms in total. The smallest absolute Gasteiger partial charge is 0.241 e. The topological polar surface area (TPSA) is 32.3 Å². The molecule has 3 aliphatic rings. The van der Waals surface area contributed by atoms with Crippen molar-refractivity contribution in [2.75, 3.05) is 6.54 Å². The zero-order valence-electron chi connectivity index (χ0n) is 13.3. The zero-order chi connectivity index (χ0) is 14.3. The van der Waals surface area contributed by atoms with Gasteiger partial charge in [0.1, 0.15) is 0 Å². The van der Waals surface area contributed by atoms with E-state index in [1.54, 1.807) is 0 Å². The predicted octanol–water partition coefficient (Wildman–Crippen LogP) is 3.15. The standard InChI is InChI=1S/C17H30N2O/c1-4-17(9-10-17)11-19-15(13-7-5-6-8-13)18-14(12(2)3)16(19)20/h12-15,18H,4-11H2,1-3H3. The maximum atomic E-state index is 12.8. The van der Waals surface area contributed by atoms with Gasteiger partial charge < -0.3 is 4.90 Å². The number of hydrogen-bond acceptors (Lipinski definition) is 2. The quantitative estimate of drug-likeness (QED) is 0.838. The van der Waals surface area contributed by atoms with E-state index in [2.05, 4.69) is 31.0 Å². The van der Waals surface area contributed by atoms with Crippen LogP contribution in [-0.4, -0.2) is 29.6 Å². The Balaban J connectivity index is 1.76. The molecule has 0 aromatic carbocycles. The van der Waals surface area contributed by atoms with Gasteiger partial charge in [-0.05, 0) is 49.4 Å². The Morgan fingerprint density at radius 1 is 1.30 bits per heavy atom. The second-order valence-corrected chi connectivity index (χ2v) is 7.70. The molecule has 3 rings (SSSR count). The minimum absolute atomic E-state index is 0.0493. The molecule has 0 radical (unpaired) electrons. The lowest BCUT2D eigenvalue weighted by Crippen LogP contribution is -2.45. The largest absolute Gasteiger partial charge is 0.325 e. The molecule has 0 spiro atoms. The van der Waals surface area contributed by atoms with Crippen molar-refractivity contribution in [3.8, 4) is 0 Å². The number of carbonyl (C=O) groups excluding carboxylic acids is 1. The third kappa shape index (κ3) is 2.49. The number of hydrogen-bond donors (Lipinski definition) is 1. The van der Waals surface area contributed by atoms with Crippen LogP contribution >= 0.6 is 0 Å². The Hall–Kier alpha value is -0.570. The fourth-order valence-corrected chi connectivity index (χ4v) is 4.14. The highest BCUT2D eigenvalue weighted by atomic mass is 16.2. The summed E-state index contributed by atoms with van der Waals surface area (Å²) < 4.78 is 0. The molecule has 1 amide bonds.